The smallest absolute Gasteiger partial charge is 0.156 e. The normalized spacial score (nSPS) is 28.6. The van der Waals surface area contributed by atoms with Crippen LogP contribution in [0, 0.1) is 11.8 Å². The molecule has 1 fully saturated rings. The van der Waals surface area contributed by atoms with Crippen molar-refractivity contribution in [1.82, 2.24) is 5.32 Å². The van der Waals surface area contributed by atoms with E-state index in [1.165, 1.54) is 35.3 Å². The van der Waals surface area contributed by atoms with Crippen LogP contribution >= 0.6 is 23.5 Å². The highest BCUT2D eigenvalue weighted by atomic mass is 32.2. The van der Waals surface area contributed by atoms with Crippen LogP contribution in [0.25, 0.3) is 0 Å². The van der Waals surface area contributed by atoms with Crippen molar-refractivity contribution >= 4 is 28.7 Å². The second-order valence-electron chi connectivity index (χ2n) is 4.50. The summed E-state index contributed by atoms with van der Waals surface area (Å²) in [6.45, 7) is 4.42. The lowest BCUT2D eigenvalue weighted by atomic mass is 10.0. The lowest BCUT2D eigenvalue weighted by molar-refractivity contribution is 0.482. The summed E-state index contributed by atoms with van der Waals surface area (Å²) in [5.41, 5.74) is 0. The van der Waals surface area contributed by atoms with Gasteiger partial charge in [-0.05, 0) is 36.2 Å². The highest BCUT2D eigenvalue weighted by Gasteiger charge is 2.16. The summed E-state index contributed by atoms with van der Waals surface area (Å²) in [7, 11) is 0. The Morgan fingerprint density at radius 2 is 2.20 bits per heavy atom. The van der Waals surface area contributed by atoms with E-state index in [1.807, 2.05) is 11.8 Å². The first kappa shape index (κ1) is 11.6. The fraction of sp³-hybridized carbons (Fsp3) is 0.909. The maximum atomic E-state index is 4.56. The van der Waals surface area contributed by atoms with Crippen molar-refractivity contribution in [2.24, 2.45) is 16.8 Å². The Bertz CT molecular complexity index is 225. The van der Waals surface area contributed by atoms with E-state index < -0.39 is 0 Å². The standard InChI is InChI=1S/C11H20N2S2/c1-9-6-12-11(15-8-9)13-7-10-2-4-14-5-3-10/h9-10H,2-8H2,1H3,(H,12,13). The Morgan fingerprint density at radius 1 is 1.40 bits per heavy atom. The molecule has 0 saturated carbocycles. The van der Waals surface area contributed by atoms with Gasteiger partial charge in [-0.15, -0.1) is 0 Å². The molecule has 0 radical (unpaired) electrons. The van der Waals surface area contributed by atoms with Gasteiger partial charge in [0, 0.05) is 18.8 Å². The summed E-state index contributed by atoms with van der Waals surface area (Å²) in [6, 6.07) is 0. The molecule has 1 atom stereocenters. The lowest BCUT2D eigenvalue weighted by Gasteiger charge is -2.24. The van der Waals surface area contributed by atoms with Gasteiger partial charge in [0.05, 0.1) is 0 Å². The van der Waals surface area contributed by atoms with E-state index in [2.05, 4.69) is 29.0 Å². The molecule has 2 heterocycles. The summed E-state index contributed by atoms with van der Waals surface area (Å²) >= 11 is 3.99. The van der Waals surface area contributed by atoms with Crippen LogP contribution in [0.2, 0.25) is 0 Å². The van der Waals surface area contributed by atoms with E-state index in [9.17, 15) is 0 Å². The van der Waals surface area contributed by atoms with E-state index in [0.29, 0.717) is 0 Å². The molecule has 2 aliphatic rings. The van der Waals surface area contributed by atoms with Crippen LogP contribution in [-0.4, -0.2) is 35.5 Å². The monoisotopic (exact) mass is 244 g/mol. The van der Waals surface area contributed by atoms with E-state index >= 15 is 0 Å². The SMILES string of the molecule is CC1CN=C(NCC2CCSCC2)SC1. The van der Waals surface area contributed by atoms with Gasteiger partial charge < -0.3 is 5.32 Å². The number of aliphatic imine (C=N–C) groups is 1. The first-order chi connectivity index (χ1) is 7.34. The number of nitrogens with zero attached hydrogens (tertiary/aromatic N) is 1. The first-order valence-electron chi connectivity index (χ1n) is 5.83. The van der Waals surface area contributed by atoms with Crippen LogP contribution in [0.5, 0.6) is 0 Å². The molecule has 1 unspecified atom stereocenters. The van der Waals surface area contributed by atoms with Gasteiger partial charge in [0.1, 0.15) is 0 Å². The van der Waals surface area contributed by atoms with Crippen molar-refractivity contribution in [1.29, 1.82) is 0 Å². The van der Waals surface area contributed by atoms with Crippen molar-refractivity contribution in [2.75, 3.05) is 30.3 Å². The molecule has 2 rings (SSSR count). The van der Waals surface area contributed by atoms with Gasteiger partial charge in [-0.2, -0.15) is 11.8 Å². The number of nitrogens with one attached hydrogen (secondary N) is 1. The highest BCUT2D eigenvalue weighted by Crippen LogP contribution is 2.22. The summed E-state index contributed by atoms with van der Waals surface area (Å²) in [5, 5.41) is 4.70. The van der Waals surface area contributed by atoms with Crippen molar-refractivity contribution in [3.05, 3.63) is 0 Å². The zero-order chi connectivity index (χ0) is 10.5. The molecule has 0 spiro atoms. The minimum absolute atomic E-state index is 0.756. The van der Waals surface area contributed by atoms with Gasteiger partial charge in [-0.1, -0.05) is 18.7 Å². The maximum Gasteiger partial charge on any atom is 0.156 e. The predicted octanol–water partition coefficient (Wildman–Crippen LogP) is 2.46. The molecule has 1 saturated heterocycles. The molecule has 4 heteroatoms. The molecule has 0 aromatic rings. The molecule has 0 amide bonds. The summed E-state index contributed by atoms with van der Waals surface area (Å²) in [4.78, 5) is 4.56. The van der Waals surface area contributed by atoms with Crippen molar-refractivity contribution in [2.45, 2.75) is 19.8 Å². The zero-order valence-electron chi connectivity index (χ0n) is 9.37. The van der Waals surface area contributed by atoms with Crippen LogP contribution < -0.4 is 5.32 Å². The minimum atomic E-state index is 0.756. The lowest BCUT2D eigenvalue weighted by Crippen LogP contribution is -2.31. The van der Waals surface area contributed by atoms with Gasteiger partial charge >= 0.3 is 0 Å². The minimum Gasteiger partial charge on any atom is -0.365 e. The van der Waals surface area contributed by atoms with Gasteiger partial charge in [0.15, 0.2) is 5.17 Å². The summed E-state index contributed by atoms with van der Waals surface area (Å²) in [5.74, 6) is 5.57. The van der Waals surface area contributed by atoms with Crippen LogP contribution in [0.4, 0.5) is 0 Å². The molecular weight excluding hydrogens is 224 g/mol. The molecule has 2 aliphatic heterocycles. The van der Waals surface area contributed by atoms with Crippen molar-refractivity contribution < 1.29 is 0 Å². The first-order valence-corrected chi connectivity index (χ1v) is 7.97. The third kappa shape index (κ3) is 3.91. The summed E-state index contributed by atoms with van der Waals surface area (Å²) in [6.07, 6.45) is 2.76. The molecule has 0 aliphatic carbocycles. The van der Waals surface area contributed by atoms with Gasteiger partial charge in [-0.25, -0.2) is 0 Å². The van der Waals surface area contributed by atoms with Gasteiger partial charge in [-0.3, -0.25) is 4.99 Å². The predicted molar refractivity (Wildman–Crippen MR) is 72.0 cm³/mol. The molecule has 86 valence electrons. The third-order valence-corrected chi connectivity index (χ3v) is 5.27. The number of hydrogen-bond acceptors (Lipinski definition) is 4. The number of amidine groups is 1. The quantitative estimate of drug-likeness (QED) is 0.807. The second-order valence-corrected chi connectivity index (χ2v) is 6.73. The van der Waals surface area contributed by atoms with E-state index in [4.69, 9.17) is 0 Å². The number of hydrogen-bond donors (Lipinski definition) is 1. The molecule has 2 nitrogen and oxygen atoms in total. The Labute approximate surface area is 101 Å². The topological polar surface area (TPSA) is 24.4 Å². The van der Waals surface area contributed by atoms with Crippen LogP contribution in [-0.2, 0) is 0 Å². The average molecular weight is 244 g/mol. The van der Waals surface area contributed by atoms with E-state index in [-0.39, 0.29) is 0 Å². The van der Waals surface area contributed by atoms with E-state index in [1.54, 1.807) is 0 Å². The molecule has 1 N–H and O–H groups in total. The Hall–Kier alpha value is 0.170. The Morgan fingerprint density at radius 3 is 2.87 bits per heavy atom. The highest BCUT2D eigenvalue weighted by molar-refractivity contribution is 8.13. The largest absolute Gasteiger partial charge is 0.365 e. The Balaban J connectivity index is 1.68. The third-order valence-electron chi connectivity index (χ3n) is 2.93. The van der Waals surface area contributed by atoms with E-state index in [0.717, 1.165) is 24.9 Å². The number of rotatable bonds is 2. The zero-order valence-corrected chi connectivity index (χ0v) is 11.0. The average Bonchev–Trinajstić information content (AvgIpc) is 2.30. The molecular formula is C11H20N2S2. The van der Waals surface area contributed by atoms with Gasteiger partial charge in [0.2, 0.25) is 0 Å². The van der Waals surface area contributed by atoms with Crippen LogP contribution in [0.15, 0.2) is 4.99 Å². The number of thioether (sulfide) groups is 2. The van der Waals surface area contributed by atoms with Crippen LogP contribution in [0.3, 0.4) is 0 Å². The van der Waals surface area contributed by atoms with Crippen molar-refractivity contribution in [3.63, 3.8) is 0 Å². The maximum absolute atomic E-state index is 4.56. The molecule has 0 aromatic heterocycles. The molecule has 15 heavy (non-hydrogen) atoms. The summed E-state index contributed by atoms with van der Waals surface area (Å²) < 4.78 is 0. The molecule has 0 aromatic carbocycles. The fourth-order valence-electron chi connectivity index (χ4n) is 1.85. The second kappa shape index (κ2) is 6.04. The van der Waals surface area contributed by atoms with Gasteiger partial charge in [0.25, 0.3) is 0 Å². The fourth-order valence-corrected chi connectivity index (χ4v) is 3.95. The van der Waals surface area contributed by atoms with Crippen molar-refractivity contribution in [3.8, 4) is 0 Å². The Kier molecular flexibility index (Phi) is 4.69. The molecule has 0 bridgehead atoms. The van der Waals surface area contributed by atoms with Crippen LogP contribution in [0.1, 0.15) is 19.8 Å².